The van der Waals surface area contributed by atoms with Crippen molar-refractivity contribution in [3.63, 3.8) is 0 Å². The van der Waals surface area contributed by atoms with Crippen LogP contribution in [0.4, 0.5) is 11.4 Å². The van der Waals surface area contributed by atoms with Crippen LogP contribution in [0.25, 0.3) is 0 Å². The van der Waals surface area contributed by atoms with E-state index < -0.39 is 10.0 Å². The zero-order valence-corrected chi connectivity index (χ0v) is 16.2. The van der Waals surface area contributed by atoms with Gasteiger partial charge in [-0.3, -0.25) is 4.72 Å². The van der Waals surface area contributed by atoms with Crippen molar-refractivity contribution in [1.82, 2.24) is 5.32 Å². The van der Waals surface area contributed by atoms with Crippen molar-refractivity contribution in [1.29, 1.82) is 0 Å². The maximum Gasteiger partial charge on any atom is 0.261 e. The van der Waals surface area contributed by atoms with Gasteiger partial charge in [-0.05, 0) is 68.5 Å². The molecule has 9 heteroatoms. The molecule has 0 atom stereocenters. The molecule has 0 radical (unpaired) electrons. The first-order valence-electron chi connectivity index (χ1n) is 7.78. The summed E-state index contributed by atoms with van der Waals surface area (Å²) >= 11 is 5.13. The number of phenolic OH excluding ortho intramolecular Hbond substituents is 1. The molecule has 7 nitrogen and oxygen atoms in total. The van der Waals surface area contributed by atoms with E-state index in [1.54, 1.807) is 24.3 Å². The lowest BCUT2D eigenvalue weighted by Gasteiger charge is -2.15. The summed E-state index contributed by atoms with van der Waals surface area (Å²) in [6, 6.07) is 10.5. The van der Waals surface area contributed by atoms with Crippen LogP contribution >= 0.6 is 12.2 Å². The molecule has 0 aliphatic heterocycles. The predicted octanol–water partition coefficient (Wildman–Crippen LogP) is 2.90. The van der Waals surface area contributed by atoms with Gasteiger partial charge in [-0.15, -0.1) is 0 Å². The smallest absolute Gasteiger partial charge is 0.261 e. The summed E-state index contributed by atoms with van der Waals surface area (Å²) in [5.74, 6) is 0.511. The molecule has 0 aliphatic rings. The SMILES string of the molecule is COc1ccc(NS(=O)(=O)c2ccc(O)c(NC(=S)NC(C)C)c2)cc1. The first-order chi connectivity index (χ1) is 12.2. The average molecular weight is 396 g/mol. The minimum atomic E-state index is -3.84. The van der Waals surface area contributed by atoms with Gasteiger partial charge in [-0.1, -0.05) is 0 Å². The molecule has 4 N–H and O–H groups in total. The minimum absolute atomic E-state index is 0.0130. The van der Waals surface area contributed by atoms with Crippen molar-refractivity contribution in [3.05, 3.63) is 42.5 Å². The fourth-order valence-electron chi connectivity index (χ4n) is 2.08. The molecule has 0 amide bonds. The number of rotatable bonds is 6. The summed E-state index contributed by atoms with van der Waals surface area (Å²) < 4.78 is 32.7. The van der Waals surface area contributed by atoms with E-state index in [0.29, 0.717) is 11.4 Å². The Morgan fingerprint density at radius 2 is 1.81 bits per heavy atom. The number of methoxy groups -OCH3 is 1. The molecule has 0 saturated carbocycles. The van der Waals surface area contributed by atoms with E-state index in [-0.39, 0.29) is 27.5 Å². The second kappa shape index (κ2) is 8.24. The van der Waals surface area contributed by atoms with Crippen LogP contribution < -0.4 is 20.1 Å². The van der Waals surface area contributed by atoms with Gasteiger partial charge in [0.15, 0.2) is 5.11 Å². The zero-order valence-electron chi connectivity index (χ0n) is 14.6. The highest BCUT2D eigenvalue weighted by molar-refractivity contribution is 7.92. The number of thiocarbonyl (C=S) groups is 1. The Balaban J connectivity index is 2.23. The van der Waals surface area contributed by atoms with E-state index in [1.807, 2.05) is 13.8 Å². The molecule has 26 heavy (non-hydrogen) atoms. The summed E-state index contributed by atoms with van der Waals surface area (Å²) in [6.07, 6.45) is 0. The Kier molecular flexibility index (Phi) is 6.27. The van der Waals surface area contributed by atoms with Crippen LogP contribution in [0, 0.1) is 0 Å². The first-order valence-corrected chi connectivity index (χ1v) is 9.68. The van der Waals surface area contributed by atoms with Crippen LogP contribution in [0.1, 0.15) is 13.8 Å². The fraction of sp³-hybridized carbons (Fsp3) is 0.235. The van der Waals surface area contributed by atoms with Gasteiger partial charge in [0.1, 0.15) is 11.5 Å². The van der Waals surface area contributed by atoms with Crippen molar-refractivity contribution >= 4 is 38.7 Å². The molecule has 140 valence electrons. The number of aromatic hydroxyl groups is 1. The Labute approximate surface area is 158 Å². The second-order valence-electron chi connectivity index (χ2n) is 5.77. The van der Waals surface area contributed by atoms with Crippen LogP contribution in [0.5, 0.6) is 11.5 Å². The van der Waals surface area contributed by atoms with Crippen LogP contribution in [-0.2, 0) is 10.0 Å². The van der Waals surface area contributed by atoms with E-state index in [2.05, 4.69) is 15.4 Å². The lowest BCUT2D eigenvalue weighted by Crippen LogP contribution is -2.33. The van der Waals surface area contributed by atoms with E-state index in [0.717, 1.165) is 0 Å². The van der Waals surface area contributed by atoms with Crippen LogP contribution in [0.2, 0.25) is 0 Å². The van der Waals surface area contributed by atoms with Crippen molar-refractivity contribution in [2.75, 3.05) is 17.1 Å². The van der Waals surface area contributed by atoms with Gasteiger partial charge in [0.25, 0.3) is 10.0 Å². The minimum Gasteiger partial charge on any atom is -0.506 e. The molecule has 0 fully saturated rings. The van der Waals surface area contributed by atoms with Gasteiger partial charge in [0.2, 0.25) is 0 Å². The summed E-state index contributed by atoms with van der Waals surface area (Å²) in [7, 11) is -2.31. The van der Waals surface area contributed by atoms with Crippen LogP contribution in [-0.4, -0.2) is 31.8 Å². The van der Waals surface area contributed by atoms with Gasteiger partial charge in [-0.25, -0.2) is 8.42 Å². The Hall–Kier alpha value is -2.52. The standard InChI is InChI=1S/C17H21N3O4S2/c1-11(2)18-17(25)19-15-10-14(8-9-16(15)21)26(22,23)20-12-4-6-13(24-3)7-5-12/h4-11,20-21H,1-3H3,(H2,18,19,25). The van der Waals surface area contributed by atoms with Gasteiger partial charge in [-0.2, -0.15) is 0 Å². The molecule has 0 spiro atoms. The number of benzene rings is 2. The second-order valence-corrected chi connectivity index (χ2v) is 7.86. The number of anilines is 2. The normalized spacial score (nSPS) is 11.1. The van der Waals surface area contributed by atoms with E-state index in [9.17, 15) is 13.5 Å². The van der Waals surface area contributed by atoms with Crippen molar-refractivity contribution in [2.45, 2.75) is 24.8 Å². The molecule has 0 aliphatic carbocycles. The first kappa shape index (κ1) is 19.8. The van der Waals surface area contributed by atoms with Crippen molar-refractivity contribution in [2.24, 2.45) is 0 Å². The molecule has 2 rings (SSSR count). The molecule has 0 heterocycles. The van der Waals surface area contributed by atoms with Gasteiger partial charge in [0, 0.05) is 11.7 Å². The molecule has 0 saturated heterocycles. The topological polar surface area (TPSA) is 99.7 Å². The van der Waals surface area contributed by atoms with Gasteiger partial charge < -0.3 is 20.5 Å². The monoisotopic (exact) mass is 395 g/mol. The number of ether oxygens (including phenoxy) is 1. The third-order valence-corrected chi connectivity index (χ3v) is 4.89. The largest absolute Gasteiger partial charge is 0.506 e. The molecular formula is C17H21N3O4S2. The molecule has 2 aromatic rings. The van der Waals surface area contributed by atoms with Crippen molar-refractivity contribution in [3.8, 4) is 11.5 Å². The molecule has 0 aromatic heterocycles. The number of hydrogen-bond acceptors (Lipinski definition) is 5. The van der Waals surface area contributed by atoms with Gasteiger partial charge in [0.05, 0.1) is 17.7 Å². The summed E-state index contributed by atoms with van der Waals surface area (Å²) in [6.45, 7) is 3.82. The van der Waals surface area contributed by atoms with E-state index in [4.69, 9.17) is 17.0 Å². The molecule has 0 bridgehead atoms. The third-order valence-electron chi connectivity index (χ3n) is 3.29. The average Bonchev–Trinajstić information content (AvgIpc) is 2.56. The number of phenols is 1. The highest BCUT2D eigenvalue weighted by Gasteiger charge is 2.17. The zero-order chi connectivity index (χ0) is 19.3. The lowest BCUT2D eigenvalue weighted by molar-refractivity contribution is 0.415. The van der Waals surface area contributed by atoms with E-state index >= 15 is 0 Å². The number of hydrogen-bond donors (Lipinski definition) is 4. The molecule has 2 aromatic carbocycles. The van der Waals surface area contributed by atoms with E-state index in [1.165, 1.54) is 25.3 Å². The predicted molar refractivity (Wildman–Crippen MR) is 106 cm³/mol. The maximum atomic E-state index is 12.6. The Morgan fingerprint density at radius 1 is 1.15 bits per heavy atom. The highest BCUT2D eigenvalue weighted by Crippen LogP contribution is 2.27. The van der Waals surface area contributed by atoms with Gasteiger partial charge >= 0.3 is 0 Å². The van der Waals surface area contributed by atoms with Crippen molar-refractivity contribution < 1.29 is 18.3 Å². The molecule has 0 unspecified atom stereocenters. The quantitative estimate of drug-likeness (QED) is 0.441. The summed E-state index contributed by atoms with van der Waals surface area (Å²) in [5, 5.41) is 16.0. The summed E-state index contributed by atoms with van der Waals surface area (Å²) in [4.78, 5) is -0.0130. The Bertz CT molecular complexity index is 881. The maximum absolute atomic E-state index is 12.6. The highest BCUT2D eigenvalue weighted by atomic mass is 32.2. The fourth-order valence-corrected chi connectivity index (χ4v) is 3.51. The lowest BCUT2D eigenvalue weighted by atomic mass is 10.3. The summed E-state index contributed by atoms with van der Waals surface area (Å²) in [5.41, 5.74) is 0.589. The van der Waals surface area contributed by atoms with Crippen LogP contribution in [0.3, 0.4) is 0 Å². The number of nitrogens with one attached hydrogen (secondary N) is 3. The number of sulfonamides is 1. The molecular weight excluding hydrogens is 374 g/mol. The van der Waals surface area contributed by atoms with Crippen LogP contribution in [0.15, 0.2) is 47.4 Å². The Morgan fingerprint density at radius 3 is 2.38 bits per heavy atom. The third kappa shape index (κ3) is 5.24.